The Balaban J connectivity index is 1.38. The number of amides is 1. The summed E-state index contributed by atoms with van der Waals surface area (Å²) < 4.78 is 17.3. The summed E-state index contributed by atoms with van der Waals surface area (Å²) in [5.74, 6) is 0.281. The summed E-state index contributed by atoms with van der Waals surface area (Å²) in [5, 5.41) is 12.6. The number of unbranched alkanes of at least 4 members (excludes halogenated alkanes) is 1. The number of nitrogens with one attached hydrogen (secondary N) is 1. The minimum Gasteiger partial charge on any atom is -0.510 e. The highest BCUT2D eigenvalue weighted by Gasteiger charge is 2.36. The van der Waals surface area contributed by atoms with Crippen LogP contribution in [-0.2, 0) is 19.0 Å². The zero-order chi connectivity index (χ0) is 24.2. The van der Waals surface area contributed by atoms with Crippen molar-refractivity contribution in [1.82, 2.24) is 10.2 Å². The molecule has 0 bridgehead atoms. The summed E-state index contributed by atoms with van der Waals surface area (Å²) in [7, 11) is 1.62. The second-order valence-corrected chi connectivity index (χ2v) is 9.27. The van der Waals surface area contributed by atoms with Gasteiger partial charge < -0.3 is 24.6 Å². The predicted molar refractivity (Wildman–Crippen MR) is 128 cm³/mol. The minimum absolute atomic E-state index is 0.0972. The average Bonchev–Trinajstić information content (AvgIpc) is 3.30. The topological polar surface area (TPSA) is 110 Å². The highest BCUT2D eigenvalue weighted by Crippen LogP contribution is 2.30. The molecule has 190 valence electrons. The number of aliphatic hydroxyl groups excluding tert-OH is 1. The number of ether oxygens (including phenoxy) is 3. The van der Waals surface area contributed by atoms with Gasteiger partial charge in [0.15, 0.2) is 0 Å². The van der Waals surface area contributed by atoms with Gasteiger partial charge in [-0.25, -0.2) is 14.6 Å². The lowest BCUT2D eigenvalue weighted by Gasteiger charge is -2.38. The van der Waals surface area contributed by atoms with E-state index in [1.54, 1.807) is 13.2 Å². The first-order chi connectivity index (χ1) is 16.6. The van der Waals surface area contributed by atoms with Gasteiger partial charge in [0, 0.05) is 39.2 Å². The Labute approximate surface area is 202 Å². The van der Waals surface area contributed by atoms with Crippen LogP contribution in [0.25, 0.3) is 0 Å². The number of methoxy groups -OCH3 is 1. The number of alkyl carbamates (subject to hydrolysis) is 1. The van der Waals surface area contributed by atoms with Gasteiger partial charge in [-0.2, -0.15) is 0 Å². The SMILES string of the molecule is COC1CC(CCO[C@@H]2CCCC[C@H]2N2CC[C@@H](OC(=O)NCCCCN=C=O)C2)=CC=C1O. The third kappa shape index (κ3) is 8.24. The van der Waals surface area contributed by atoms with Gasteiger partial charge in [-0.3, -0.25) is 4.90 Å². The van der Waals surface area contributed by atoms with Crippen LogP contribution in [0.2, 0.25) is 0 Å². The number of aliphatic hydroxyl groups is 1. The monoisotopic (exact) mass is 477 g/mol. The number of allylic oxidation sites excluding steroid dienone is 2. The molecule has 0 aromatic rings. The van der Waals surface area contributed by atoms with Crippen LogP contribution in [0, 0.1) is 0 Å². The van der Waals surface area contributed by atoms with Crippen molar-refractivity contribution in [2.45, 2.75) is 82.1 Å². The van der Waals surface area contributed by atoms with Gasteiger partial charge in [-0.1, -0.05) is 24.5 Å². The van der Waals surface area contributed by atoms with Crippen LogP contribution in [0.15, 0.2) is 28.5 Å². The first-order valence-corrected chi connectivity index (χ1v) is 12.6. The summed E-state index contributed by atoms with van der Waals surface area (Å²) >= 11 is 0. The van der Waals surface area contributed by atoms with E-state index in [0.29, 0.717) is 32.2 Å². The number of rotatable bonds is 12. The number of carbonyl (C=O) groups excluding carboxylic acids is 2. The van der Waals surface area contributed by atoms with Gasteiger partial charge in [0.1, 0.15) is 18.0 Å². The number of likely N-dealkylation sites (tertiary alicyclic amines) is 1. The molecule has 34 heavy (non-hydrogen) atoms. The van der Waals surface area contributed by atoms with Crippen molar-refractivity contribution in [3.63, 3.8) is 0 Å². The second-order valence-electron chi connectivity index (χ2n) is 9.27. The molecule has 4 atom stereocenters. The van der Waals surface area contributed by atoms with Crippen molar-refractivity contribution in [2.75, 3.05) is 39.9 Å². The van der Waals surface area contributed by atoms with Crippen molar-refractivity contribution in [2.24, 2.45) is 4.99 Å². The number of isocyanates is 1. The molecule has 9 nitrogen and oxygen atoms in total. The molecule has 1 heterocycles. The average molecular weight is 478 g/mol. The van der Waals surface area contributed by atoms with E-state index in [4.69, 9.17) is 14.2 Å². The smallest absolute Gasteiger partial charge is 0.407 e. The van der Waals surface area contributed by atoms with Crippen LogP contribution in [0.1, 0.15) is 57.8 Å². The lowest BCUT2D eigenvalue weighted by atomic mass is 9.91. The molecule has 1 saturated heterocycles. The molecule has 1 saturated carbocycles. The van der Waals surface area contributed by atoms with Crippen molar-refractivity contribution >= 4 is 12.2 Å². The Morgan fingerprint density at radius 1 is 1.26 bits per heavy atom. The van der Waals surface area contributed by atoms with Crippen LogP contribution in [0.4, 0.5) is 4.79 Å². The van der Waals surface area contributed by atoms with Gasteiger partial charge in [-0.15, -0.1) is 0 Å². The van der Waals surface area contributed by atoms with E-state index < -0.39 is 0 Å². The zero-order valence-electron chi connectivity index (χ0n) is 20.2. The third-order valence-electron chi connectivity index (χ3n) is 6.92. The molecule has 0 aromatic carbocycles. The molecule has 2 N–H and O–H groups in total. The maximum atomic E-state index is 12.1. The quantitative estimate of drug-likeness (QED) is 0.252. The Hall–Kier alpha value is -2.19. The fourth-order valence-electron chi connectivity index (χ4n) is 5.04. The number of hydrogen-bond donors (Lipinski definition) is 2. The van der Waals surface area contributed by atoms with Gasteiger partial charge in [0.2, 0.25) is 6.08 Å². The van der Waals surface area contributed by atoms with E-state index in [1.165, 1.54) is 24.5 Å². The van der Waals surface area contributed by atoms with E-state index in [2.05, 4.69) is 15.2 Å². The predicted octanol–water partition coefficient (Wildman–Crippen LogP) is 3.41. The first kappa shape index (κ1) is 26.4. The molecule has 1 amide bonds. The van der Waals surface area contributed by atoms with E-state index in [9.17, 15) is 14.7 Å². The molecule has 0 spiro atoms. The van der Waals surface area contributed by atoms with Crippen LogP contribution in [0.3, 0.4) is 0 Å². The van der Waals surface area contributed by atoms with Gasteiger partial charge >= 0.3 is 6.09 Å². The third-order valence-corrected chi connectivity index (χ3v) is 6.92. The highest BCUT2D eigenvalue weighted by atomic mass is 16.6. The molecule has 0 radical (unpaired) electrons. The molecule has 3 aliphatic rings. The molecule has 2 fully saturated rings. The van der Waals surface area contributed by atoms with E-state index in [1.807, 2.05) is 6.08 Å². The normalized spacial score (nSPS) is 27.4. The Bertz CT molecular complexity index is 764. The number of hydrogen-bond acceptors (Lipinski definition) is 8. The van der Waals surface area contributed by atoms with Gasteiger partial charge in [0.05, 0.1) is 19.3 Å². The first-order valence-electron chi connectivity index (χ1n) is 12.6. The highest BCUT2D eigenvalue weighted by molar-refractivity contribution is 5.67. The maximum Gasteiger partial charge on any atom is 0.407 e. The maximum absolute atomic E-state index is 12.1. The summed E-state index contributed by atoms with van der Waals surface area (Å²) in [5.41, 5.74) is 1.23. The van der Waals surface area contributed by atoms with E-state index >= 15 is 0 Å². The van der Waals surface area contributed by atoms with Gasteiger partial charge in [-0.05, 0) is 44.6 Å². The number of aliphatic imine (C=N–C) groups is 1. The minimum atomic E-state index is -0.377. The fourth-order valence-corrected chi connectivity index (χ4v) is 5.04. The molecular formula is C25H39N3O6. The van der Waals surface area contributed by atoms with Crippen LogP contribution in [0.5, 0.6) is 0 Å². The molecule has 0 aromatic heterocycles. The van der Waals surface area contributed by atoms with Crippen molar-refractivity contribution in [1.29, 1.82) is 0 Å². The second kappa shape index (κ2) is 14.3. The van der Waals surface area contributed by atoms with Crippen molar-refractivity contribution in [3.8, 4) is 0 Å². The summed E-state index contributed by atoms with van der Waals surface area (Å²) in [6.45, 7) is 3.27. The number of carbonyl (C=O) groups is 1. The lowest BCUT2D eigenvalue weighted by molar-refractivity contribution is -0.0324. The Kier molecular flexibility index (Phi) is 11.1. The van der Waals surface area contributed by atoms with Crippen LogP contribution < -0.4 is 5.32 Å². The lowest BCUT2D eigenvalue weighted by Crippen LogP contribution is -2.46. The summed E-state index contributed by atoms with van der Waals surface area (Å²) in [6.07, 6.45) is 13.1. The molecule has 1 unspecified atom stereocenters. The van der Waals surface area contributed by atoms with Gasteiger partial charge in [0.25, 0.3) is 0 Å². The number of nitrogens with zero attached hydrogens (tertiary/aromatic N) is 2. The van der Waals surface area contributed by atoms with Crippen LogP contribution in [-0.4, -0.2) is 86.4 Å². The summed E-state index contributed by atoms with van der Waals surface area (Å²) in [4.78, 5) is 28.1. The standard InChI is InChI=1S/C25H39N3O6/c1-32-24-16-19(8-9-22(24)30)11-15-33-23-7-3-2-6-21(23)28-14-10-20(17-28)34-25(31)27-13-5-4-12-26-18-29/h8-9,20-21,23-24,30H,2-7,10-17H2,1H3,(H,27,31)/t20-,21-,23-,24?/m1/s1. The molecule has 9 heteroatoms. The molecule has 3 rings (SSSR count). The van der Waals surface area contributed by atoms with Crippen molar-refractivity contribution in [3.05, 3.63) is 23.5 Å². The van der Waals surface area contributed by atoms with Crippen LogP contribution >= 0.6 is 0 Å². The Morgan fingerprint density at radius 2 is 2.12 bits per heavy atom. The molecular weight excluding hydrogens is 438 g/mol. The zero-order valence-corrected chi connectivity index (χ0v) is 20.2. The van der Waals surface area contributed by atoms with Crippen molar-refractivity contribution < 1.29 is 28.9 Å². The largest absolute Gasteiger partial charge is 0.510 e. The fraction of sp³-hybridized carbons (Fsp3) is 0.760. The Morgan fingerprint density at radius 3 is 2.94 bits per heavy atom. The van der Waals surface area contributed by atoms with E-state index in [-0.39, 0.29) is 30.2 Å². The molecule has 1 aliphatic heterocycles. The van der Waals surface area contributed by atoms with E-state index in [0.717, 1.165) is 51.6 Å². The molecule has 2 aliphatic carbocycles. The summed E-state index contributed by atoms with van der Waals surface area (Å²) in [6, 6.07) is 0.361.